The van der Waals surface area contributed by atoms with Crippen molar-refractivity contribution in [2.75, 3.05) is 5.32 Å². The van der Waals surface area contributed by atoms with Gasteiger partial charge in [-0.05, 0) is 38.3 Å². The zero-order valence-electron chi connectivity index (χ0n) is 10.9. The van der Waals surface area contributed by atoms with E-state index in [9.17, 15) is 9.18 Å². The summed E-state index contributed by atoms with van der Waals surface area (Å²) in [5.74, 6) is -0.355. The molecule has 0 aliphatic heterocycles. The van der Waals surface area contributed by atoms with Crippen LogP contribution in [-0.2, 0) is 4.74 Å². The van der Waals surface area contributed by atoms with Crippen molar-refractivity contribution < 1.29 is 13.9 Å². The SMILES string of the molecule is [B]c1ccc(F)c2sc(NC(=O)OC(C)(C)C)cc12. The van der Waals surface area contributed by atoms with Crippen LogP contribution in [0.1, 0.15) is 20.8 Å². The molecule has 3 nitrogen and oxygen atoms in total. The Morgan fingerprint density at radius 2 is 2.11 bits per heavy atom. The molecule has 1 aromatic heterocycles. The molecule has 2 rings (SSSR count). The quantitative estimate of drug-likeness (QED) is 0.813. The summed E-state index contributed by atoms with van der Waals surface area (Å²) >= 11 is 1.13. The molecule has 2 radical (unpaired) electrons. The first-order valence-electron chi connectivity index (χ1n) is 5.74. The first kappa shape index (κ1) is 13.9. The lowest BCUT2D eigenvalue weighted by Gasteiger charge is -2.19. The van der Waals surface area contributed by atoms with E-state index < -0.39 is 11.7 Å². The van der Waals surface area contributed by atoms with E-state index in [0.717, 1.165) is 11.3 Å². The van der Waals surface area contributed by atoms with Crippen molar-refractivity contribution in [2.45, 2.75) is 26.4 Å². The Bertz CT molecular complexity index is 594. The van der Waals surface area contributed by atoms with E-state index in [0.29, 0.717) is 20.6 Å². The van der Waals surface area contributed by atoms with Crippen molar-refractivity contribution in [3.05, 3.63) is 24.0 Å². The predicted molar refractivity (Wildman–Crippen MR) is 77.0 cm³/mol. The molecule has 0 aliphatic carbocycles. The van der Waals surface area contributed by atoms with E-state index in [1.54, 1.807) is 26.8 Å². The number of anilines is 1. The van der Waals surface area contributed by atoms with Crippen LogP contribution in [0.25, 0.3) is 10.1 Å². The first-order valence-corrected chi connectivity index (χ1v) is 6.55. The maximum atomic E-state index is 13.6. The zero-order chi connectivity index (χ0) is 14.2. The molecular weight excluding hydrogens is 264 g/mol. The second-order valence-corrected chi connectivity index (χ2v) is 6.17. The highest BCUT2D eigenvalue weighted by Crippen LogP contribution is 2.30. The number of carbonyl (C=O) groups excluding carboxylic acids is 1. The molecule has 6 heteroatoms. The molecular formula is C13H13BFNO2S. The maximum Gasteiger partial charge on any atom is 0.412 e. The molecule has 0 bridgehead atoms. The molecule has 0 aliphatic rings. The summed E-state index contributed by atoms with van der Waals surface area (Å²) in [6, 6.07) is 4.45. The van der Waals surface area contributed by atoms with Gasteiger partial charge in [-0.2, -0.15) is 0 Å². The third kappa shape index (κ3) is 3.26. The molecule has 1 amide bonds. The van der Waals surface area contributed by atoms with Gasteiger partial charge in [0, 0.05) is 0 Å². The molecule has 19 heavy (non-hydrogen) atoms. The van der Waals surface area contributed by atoms with Crippen LogP contribution in [0.15, 0.2) is 18.2 Å². The standard InChI is InChI=1S/C13H13BFNO2S/c1-13(2,3)18-12(17)16-10-6-7-8(14)4-5-9(15)11(7)19-10/h4-6H,1-3H3,(H,16,17). The molecule has 0 fully saturated rings. The number of benzene rings is 1. The van der Waals surface area contributed by atoms with Crippen LogP contribution in [0.4, 0.5) is 14.2 Å². The number of hydrogen-bond donors (Lipinski definition) is 1. The van der Waals surface area contributed by atoms with Crippen molar-refractivity contribution >= 4 is 45.8 Å². The normalized spacial score (nSPS) is 11.6. The topological polar surface area (TPSA) is 38.3 Å². The van der Waals surface area contributed by atoms with Gasteiger partial charge in [0.05, 0.1) is 9.70 Å². The van der Waals surface area contributed by atoms with Gasteiger partial charge < -0.3 is 4.74 Å². The minimum Gasteiger partial charge on any atom is -0.444 e. The summed E-state index contributed by atoms with van der Waals surface area (Å²) < 4.78 is 19.2. The molecule has 0 atom stereocenters. The number of thiophene rings is 1. The Kier molecular flexibility index (Phi) is 3.54. The number of rotatable bonds is 1. The molecule has 0 saturated carbocycles. The second-order valence-electron chi connectivity index (χ2n) is 5.12. The third-order valence-corrected chi connectivity index (χ3v) is 3.35. The highest BCUT2D eigenvalue weighted by Gasteiger charge is 2.17. The van der Waals surface area contributed by atoms with Crippen LogP contribution >= 0.6 is 11.3 Å². The van der Waals surface area contributed by atoms with E-state index in [2.05, 4.69) is 5.32 Å². The van der Waals surface area contributed by atoms with Crippen LogP contribution in [-0.4, -0.2) is 19.5 Å². The molecule has 2 aromatic rings. The van der Waals surface area contributed by atoms with Crippen LogP contribution < -0.4 is 10.8 Å². The highest BCUT2D eigenvalue weighted by molar-refractivity contribution is 7.23. The largest absolute Gasteiger partial charge is 0.444 e. The smallest absolute Gasteiger partial charge is 0.412 e. The Hall–Kier alpha value is -1.56. The number of carbonyl (C=O) groups is 1. The van der Waals surface area contributed by atoms with Crippen molar-refractivity contribution in [3.8, 4) is 0 Å². The van der Waals surface area contributed by atoms with Crippen molar-refractivity contribution in [1.82, 2.24) is 0 Å². The fraction of sp³-hybridized carbons (Fsp3) is 0.308. The fourth-order valence-corrected chi connectivity index (χ4v) is 2.56. The van der Waals surface area contributed by atoms with Gasteiger partial charge in [-0.3, -0.25) is 5.32 Å². The monoisotopic (exact) mass is 277 g/mol. The molecule has 98 valence electrons. The Balaban J connectivity index is 2.25. The van der Waals surface area contributed by atoms with Crippen LogP contribution in [0.2, 0.25) is 0 Å². The summed E-state index contributed by atoms with van der Waals surface area (Å²) in [4.78, 5) is 11.6. The molecule has 0 saturated heterocycles. The van der Waals surface area contributed by atoms with Gasteiger partial charge in [-0.25, -0.2) is 9.18 Å². The molecule has 1 heterocycles. The Morgan fingerprint density at radius 3 is 2.68 bits per heavy atom. The number of amides is 1. The average Bonchev–Trinajstić information content (AvgIpc) is 2.65. The minimum absolute atomic E-state index is 0.355. The summed E-state index contributed by atoms with van der Waals surface area (Å²) in [6.45, 7) is 5.32. The summed E-state index contributed by atoms with van der Waals surface area (Å²) in [5, 5.41) is 3.67. The van der Waals surface area contributed by atoms with Crippen molar-refractivity contribution in [1.29, 1.82) is 0 Å². The van der Waals surface area contributed by atoms with Gasteiger partial charge >= 0.3 is 6.09 Å². The molecule has 0 spiro atoms. The lowest BCUT2D eigenvalue weighted by Crippen LogP contribution is -2.26. The lowest BCUT2D eigenvalue weighted by molar-refractivity contribution is 0.0636. The maximum absolute atomic E-state index is 13.6. The third-order valence-electron chi connectivity index (χ3n) is 2.29. The number of fused-ring (bicyclic) bond motifs is 1. The average molecular weight is 277 g/mol. The van der Waals surface area contributed by atoms with E-state index in [1.807, 2.05) is 0 Å². The van der Waals surface area contributed by atoms with Gasteiger partial charge in [0.15, 0.2) is 0 Å². The van der Waals surface area contributed by atoms with Crippen LogP contribution in [0.3, 0.4) is 0 Å². The number of ether oxygens (including phenoxy) is 1. The summed E-state index contributed by atoms with van der Waals surface area (Å²) in [5.41, 5.74) is -0.102. The van der Waals surface area contributed by atoms with Crippen LogP contribution in [0, 0.1) is 5.82 Å². The van der Waals surface area contributed by atoms with Gasteiger partial charge in [0.2, 0.25) is 0 Å². The van der Waals surface area contributed by atoms with Crippen molar-refractivity contribution in [3.63, 3.8) is 0 Å². The summed E-state index contributed by atoms with van der Waals surface area (Å²) in [6.07, 6.45) is -0.571. The van der Waals surface area contributed by atoms with Gasteiger partial charge in [-0.1, -0.05) is 11.5 Å². The first-order chi connectivity index (χ1) is 8.76. The Morgan fingerprint density at radius 1 is 1.42 bits per heavy atom. The number of nitrogens with one attached hydrogen (secondary N) is 1. The second kappa shape index (κ2) is 4.85. The van der Waals surface area contributed by atoms with E-state index in [4.69, 9.17) is 12.6 Å². The van der Waals surface area contributed by atoms with E-state index >= 15 is 0 Å². The Labute approximate surface area is 116 Å². The van der Waals surface area contributed by atoms with Gasteiger partial charge in [-0.15, -0.1) is 11.3 Å². The molecule has 1 N–H and O–H groups in total. The lowest BCUT2D eigenvalue weighted by atomic mass is 9.93. The summed E-state index contributed by atoms with van der Waals surface area (Å²) in [7, 11) is 5.77. The zero-order valence-corrected chi connectivity index (χ0v) is 11.7. The fourth-order valence-electron chi connectivity index (χ4n) is 1.58. The predicted octanol–water partition coefficient (Wildman–Crippen LogP) is 3.18. The number of halogens is 1. The van der Waals surface area contributed by atoms with E-state index in [1.165, 1.54) is 12.1 Å². The van der Waals surface area contributed by atoms with Gasteiger partial charge in [0.25, 0.3) is 0 Å². The molecule has 0 unspecified atom stereocenters. The van der Waals surface area contributed by atoms with Crippen molar-refractivity contribution in [2.24, 2.45) is 0 Å². The molecule has 1 aromatic carbocycles. The number of hydrogen-bond acceptors (Lipinski definition) is 3. The minimum atomic E-state index is -0.578. The van der Waals surface area contributed by atoms with Gasteiger partial charge in [0.1, 0.15) is 19.3 Å². The highest BCUT2D eigenvalue weighted by atomic mass is 32.1. The van der Waals surface area contributed by atoms with Crippen LogP contribution in [0.5, 0.6) is 0 Å². The van der Waals surface area contributed by atoms with E-state index in [-0.39, 0.29) is 5.82 Å².